The van der Waals surface area contributed by atoms with Crippen LogP contribution in [0.25, 0.3) is 0 Å². The van der Waals surface area contributed by atoms with Gasteiger partial charge >= 0.3 is 0 Å². The highest BCUT2D eigenvalue weighted by molar-refractivity contribution is 6.30. The van der Waals surface area contributed by atoms with Gasteiger partial charge in [-0.25, -0.2) is 0 Å². The first-order chi connectivity index (χ1) is 19.9. The summed E-state index contributed by atoms with van der Waals surface area (Å²) >= 11 is 5.99. The molecular formula is C28H36ClN7O6. The monoisotopic (exact) mass is 601 g/mol. The average molecular weight is 602 g/mol. The van der Waals surface area contributed by atoms with E-state index in [0.29, 0.717) is 22.6 Å². The minimum Gasteiger partial charge on any atom is -0.508 e. The van der Waals surface area contributed by atoms with Crippen molar-refractivity contribution in [2.75, 3.05) is 6.54 Å². The molecule has 0 bridgehead atoms. The smallest absolute Gasteiger partial charge is 0.245 e. The predicted octanol–water partition coefficient (Wildman–Crippen LogP) is -0.782. The summed E-state index contributed by atoms with van der Waals surface area (Å²) in [6.45, 7) is 1.51. The molecule has 14 heteroatoms. The lowest BCUT2D eigenvalue weighted by molar-refractivity contribution is -0.138. The first-order valence-electron chi connectivity index (χ1n) is 13.4. The molecule has 13 nitrogen and oxygen atoms in total. The number of carbonyl (C=O) groups is 4. The molecule has 0 aromatic heterocycles. The number of aliphatic hydroxyl groups is 1. The third-order valence-electron chi connectivity index (χ3n) is 6.64. The Morgan fingerprint density at radius 1 is 0.810 bits per heavy atom. The number of aliphatic hydroxyl groups excluding tert-OH is 1. The topological polar surface area (TPSA) is 221 Å². The molecule has 2 aromatic rings. The van der Waals surface area contributed by atoms with E-state index in [1.54, 1.807) is 36.4 Å². The average Bonchev–Trinajstić information content (AvgIpc) is 2.93. The molecule has 2 aromatic carbocycles. The Morgan fingerprint density at radius 3 is 1.81 bits per heavy atom. The Morgan fingerprint density at radius 2 is 1.29 bits per heavy atom. The maximum Gasteiger partial charge on any atom is 0.245 e. The SMILES string of the molecule is C[C@@H](O)[C@@H]1NC(=O)[C@@H](CCCN=C(N)N)NC(=O)[C@H](Cc2ccc(O)cc2)NC(=O)[C@H](Cc2ccc(Cl)cc2)NC1=O. The third kappa shape index (κ3) is 9.63. The van der Waals surface area contributed by atoms with Gasteiger partial charge in [0.15, 0.2) is 5.96 Å². The highest BCUT2D eigenvalue weighted by Crippen LogP contribution is 2.15. The summed E-state index contributed by atoms with van der Waals surface area (Å²) in [6.07, 6.45) is -0.855. The molecule has 1 heterocycles. The first-order valence-corrected chi connectivity index (χ1v) is 13.8. The molecule has 0 radical (unpaired) electrons. The Labute approximate surface area is 248 Å². The number of phenols is 1. The molecule has 226 valence electrons. The van der Waals surface area contributed by atoms with Gasteiger partial charge in [0.2, 0.25) is 23.6 Å². The van der Waals surface area contributed by atoms with E-state index in [1.807, 2.05) is 0 Å². The normalized spacial score (nSPS) is 22.4. The molecule has 0 saturated carbocycles. The quantitative estimate of drug-likeness (QED) is 0.103. The molecule has 0 unspecified atom stereocenters. The third-order valence-corrected chi connectivity index (χ3v) is 6.89. The van der Waals surface area contributed by atoms with Gasteiger partial charge in [0, 0.05) is 24.4 Å². The fraction of sp³-hybridized carbons (Fsp3) is 0.393. The van der Waals surface area contributed by atoms with Crippen LogP contribution in [-0.2, 0) is 32.0 Å². The van der Waals surface area contributed by atoms with Gasteiger partial charge in [-0.1, -0.05) is 35.9 Å². The fourth-order valence-electron chi connectivity index (χ4n) is 4.38. The van der Waals surface area contributed by atoms with E-state index in [0.717, 1.165) is 0 Å². The summed E-state index contributed by atoms with van der Waals surface area (Å²) in [7, 11) is 0. The minimum absolute atomic E-state index is 0.0259. The number of nitrogens with two attached hydrogens (primary N) is 2. The van der Waals surface area contributed by atoms with E-state index in [1.165, 1.54) is 19.1 Å². The van der Waals surface area contributed by atoms with Crippen LogP contribution < -0.4 is 32.7 Å². The van der Waals surface area contributed by atoms with Crippen LogP contribution in [0.15, 0.2) is 53.5 Å². The largest absolute Gasteiger partial charge is 0.508 e. The maximum absolute atomic E-state index is 13.6. The van der Waals surface area contributed by atoms with Crippen molar-refractivity contribution in [3.05, 3.63) is 64.7 Å². The molecule has 1 fully saturated rings. The van der Waals surface area contributed by atoms with E-state index in [-0.39, 0.29) is 37.5 Å². The van der Waals surface area contributed by atoms with Crippen LogP contribution in [0, 0.1) is 0 Å². The van der Waals surface area contributed by atoms with E-state index in [9.17, 15) is 29.4 Å². The molecule has 1 aliphatic rings. The standard InChI is InChI=1S/C28H36ClN7O6/c1-15(37)23-27(42)35-22(13-16-4-8-18(29)9-5-16)26(41)34-21(14-17-6-10-19(38)11-7-17)25(40)33-20(24(39)36-23)3-2-12-32-28(30)31/h4-11,15,20-23,37-38H,2-3,12-14H2,1H3,(H,33,40)(H,34,41)(H,35,42)(H,36,39)(H4,30,31,32)/t15-,20-,21+,22+,23+/m1/s1. The van der Waals surface area contributed by atoms with Crippen molar-refractivity contribution in [3.63, 3.8) is 0 Å². The van der Waals surface area contributed by atoms with Crippen molar-refractivity contribution in [1.82, 2.24) is 21.3 Å². The van der Waals surface area contributed by atoms with Crippen LogP contribution in [0.4, 0.5) is 0 Å². The lowest BCUT2D eigenvalue weighted by atomic mass is 10.00. The molecule has 4 amide bonds. The lowest BCUT2D eigenvalue weighted by Gasteiger charge is -2.30. The number of hydrogen-bond donors (Lipinski definition) is 8. The van der Waals surface area contributed by atoms with Crippen molar-refractivity contribution in [3.8, 4) is 5.75 Å². The maximum atomic E-state index is 13.6. The molecule has 3 rings (SSSR count). The highest BCUT2D eigenvalue weighted by atomic mass is 35.5. The second-order valence-electron chi connectivity index (χ2n) is 10.1. The second-order valence-corrected chi connectivity index (χ2v) is 10.5. The van der Waals surface area contributed by atoms with E-state index in [2.05, 4.69) is 26.3 Å². The summed E-state index contributed by atoms with van der Waals surface area (Å²) in [6, 6.07) is 7.90. The Hall–Kier alpha value is -4.36. The molecular weight excluding hydrogens is 566 g/mol. The molecule has 0 aliphatic carbocycles. The zero-order valence-electron chi connectivity index (χ0n) is 23.0. The molecule has 1 saturated heterocycles. The van der Waals surface area contributed by atoms with E-state index >= 15 is 0 Å². The number of rotatable bonds is 9. The van der Waals surface area contributed by atoms with Crippen LogP contribution in [0.3, 0.4) is 0 Å². The number of aromatic hydroxyl groups is 1. The van der Waals surface area contributed by atoms with Crippen LogP contribution in [0.2, 0.25) is 5.02 Å². The van der Waals surface area contributed by atoms with Crippen LogP contribution in [0.5, 0.6) is 5.75 Å². The molecule has 10 N–H and O–H groups in total. The van der Waals surface area contributed by atoms with Crippen molar-refractivity contribution in [1.29, 1.82) is 0 Å². The Bertz CT molecular complexity index is 1280. The zero-order chi connectivity index (χ0) is 30.8. The second kappa shape index (κ2) is 15.0. The minimum atomic E-state index is -1.41. The number of amides is 4. The molecule has 1 aliphatic heterocycles. The van der Waals surface area contributed by atoms with E-state index < -0.39 is 53.9 Å². The summed E-state index contributed by atoms with van der Waals surface area (Å²) in [5.74, 6) is -2.89. The van der Waals surface area contributed by atoms with Crippen molar-refractivity contribution in [2.24, 2.45) is 16.5 Å². The van der Waals surface area contributed by atoms with Crippen molar-refractivity contribution >= 4 is 41.2 Å². The zero-order valence-corrected chi connectivity index (χ0v) is 23.8. The summed E-state index contributed by atoms with van der Waals surface area (Å²) in [4.78, 5) is 57.6. The molecule has 5 atom stereocenters. The van der Waals surface area contributed by atoms with Gasteiger partial charge in [-0.15, -0.1) is 0 Å². The number of halogens is 1. The first kappa shape index (κ1) is 32.2. The van der Waals surface area contributed by atoms with Gasteiger partial charge in [0.25, 0.3) is 0 Å². The summed E-state index contributed by atoms with van der Waals surface area (Å²) < 4.78 is 0. The number of nitrogens with zero attached hydrogens (tertiary/aromatic N) is 1. The number of hydrogen-bond acceptors (Lipinski definition) is 7. The fourth-order valence-corrected chi connectivity index (χ4v) is 4.51. The van der Waals surface area contributed by atoms with E-state index in [4.69, 9.17) is 23.1 Å². The van der Waals surface area contributed by atoms with Gasteiger partial charge in [0.1, 0.15) is 29.9 Å². The number of guanidine groups is 1. The van der Waals surface area contributed by atoms with Crippen LogP contribution in [0.1, 0.15) is 30.9 Å². The van der Waals surface area contributed by atoms with Crippen LogP contribution in [-0.4, -0.2) is 76.6 Å². The molecule has 0 spiro atoms. The van der Waals surface area contributed by atoms with Crippen LogP contribution >= 0.6 is 11.6 Å². The predicted molar refractivity (Wildman–Crippen MR) is 156 cm³/mol. The van der Waals surface area contributed by atoms with Gasteiger partial charge in [0.05, 0.1) is 6.10 Å². The van der Waals surface area contributed by atoms with Gasteiger partial charge in [-0.3, -0.25) is 24.2 Å². The Balaban J connectivity index is 1.96. The number of aliphatic imine (C=N–C) groups is 1. The van der Waals surface area contributed by atoms with Gasteiger partial charge in [-0.2, -0.15) is 0 Å². The summed E-state index contributed by atoms with van der Waals surface area (Å²) in [5, 5.41) is 31.0. The van der Waals surface area contributed by atoms with Gasteiger partial charge in [-0.05, 0) is 55.2 Å². The number of phenolic OH excluding ortho intramolecular Hbond substituents is 1. The van der Waals surface area contributed by atoms with Gasteiger partial charge < -0.3 is 42.9 Å². The number of carbonyl (C=O) groups excluding carboxylic acids is 4. The highest BCUT2D eigenvalue weighted by Gasteiger charge is 2.35. The summed E-state index contributed by atoms with van der Waals surface area (Å²) in [5.41, 5.74) is 12.0. The molecule has 42 heavy (non-hydrogen) atoms. The number of benzene rings is 2. The Kier molecular flexibility index (Phi) is 11.5. The number of nitrogens with one attached hydrogen (secondary N) is 4. The van der Waals surface area contributed by atoms with Crippen molar-refractivity contribution < 1.29 is 29.4 Å². The lowest BCUT2D eigenvalue weighted by Crippen LogP contribution is -2.63. The van der Waals surface area contributed by atoms with Crippen molar-refractivity contribution in [2.45, 2.75) is 62.9 Å².